The van der Waals surface area contributed by atoms with Gasteiger partial charge in [0.2, 0.25) is 5.91 Å². The normalized spacial score (nSPS) is 18.8. The van der Waals surface area contributed by atoms with Crippen molar-refractivity contribution in [1.29, 1.82) is 0 Å². The first-order valence-electron chi connectivity index (χ1n) is 8.67. The quantitative estimate of drug-likeness (QED) is 0.699. The molecule has 1 aliphatic heterocycles. The number of carbonyl (C=O) groups is 1. The lowest BCUT2D eigenvalue weighted by molar-refractivity contribution is -0.121. The Hall–Kier alpha value is -2.62. The topological polar surface area (TPSA) is 57.8 Å². The van der Waals surface area contributed by atoms with E-state index in [0.717, 1.165) is 59.1 Å². The number of aromatic amines is 1. The molecular weight excluding hydrogens is 298 g/mol. The largest absolute Gasteiger partial charge is 0.346 e. The fourth-order valence-corrected chi connectivity index (χ4v) is 4.52. The highest BCUT2D eigenvalue weighted by atomic mass is 16.2. The second-order valence-corrected chi connectivity index (χ2v) is 6.94. The van der Waals surface area contributed by atoms with Gasteiger partial charge in [-0.15, -0.1) is 0 Å². The molecule has 1 spiro atoms. The molecule has 4 nitrogen and oxygen atoms in total. The number of nitrogens with zero attached hydrogens (tertiary/aromatic N) is 1. The molecule has 5 rings (SSSR count). The molecule has 0 saturated heterocycles. The number of amides is 1. The summed E-state index contributed by atoms with van der Waals surface area (Å²) in [5.41, 5.74) is 4.85. The van der Waals surface area contributed by atoms with Crippen LogP contribution in [0.1, 0.15) is 37.7 Å². The van der Waals surface area contributed by atoms with Gasteiger partial charge in [0.05, 0.1) is 17.3 Å². The molecule has 2 aliphatic rings. The SMILES string of the molecule is O=C1Nc2cnc3[nH]cc(-c4ccccc4)c3c2C12CCCCC2. The van der Waals surface area contributed by atoms with Gasteiger partial charge in [0.1, 0.15) is 5.65 Å². The summed E-state index contributed by atoms with van der Waals surface area (Å²) < 4.78 is 0. The third kappa shape index (κ3) is 1.74. The van der Waals surface area contributed by atoms with E-state index in [1.165, 1.54) is 6.42 Å². The van der Waals surface area contributed by atoms with Crippen LogP contribution in [0.25, 0.3) is 22.2 Å². The molecule has 0 unspecified atom stereocenters. The molecule has 2 aromatic heterocycles. The Labute approximate surface area is 140 Å². The summed E-state index contributed by atoms with van der Waals surface area (Å²) in [7, 11) is 0. The van der Waals surface area contributed by atoms with Crippen LogP contribution in [-0.2, 0) is 10.2 Å². The van der Waals surface area contributed by atoms with Gasteiger partial charge in [0, 0.05) is 22.7 Å². The lowest BCUT2D eigenvalue weighted by Crippen LogP contribution is -2.36. The second-order valence-electron chi connectivity index (χ2n) is 6.94. The molecule has 1 aromatic carbocycles. The minimum Gasteiger partial charge on any atom is -0.346 e. The number of aromatic nitrogens is 2. The lowest BCUT2D eigenvalue weighted by atomic mass is 9.69. The van der Waals surface area contributed by atoms with Crippen LogP contribution in [0.5, 0.6) is 0 Å². The van der Waals surface area contributed by atoms with Crippen LogP contribution < -0.4 is 5.32 Å². The van der Waals surface area contributed by atoms with Crippen molar-refractivity contribution in [2.75, 3.05) is 5.32 Å². The van der Waals surface area contributed by atoms with E-state index >= 15 is 0 Å². The summed E-state index contributed by atoms with van der Waals surface area (Å²) in [6.07, 6.45) is 9.15. The molecule has 0 bridgehead atoms. The van der Waals surface area contributed by atoms with Gasteiger partial charge in [-0.05, 0) is 18.4 Å². The van der Waals surface area contributed by atoms with Crippen LogP contribution in [0.4, 0.5) is 5.69 Å². The number of H-pyrrole nitrogens is 1. The molecule has 24 heavy (non-hydrogen) atoms. The average Bonchev–Trinajstić information content (AvgIpc) is 3.16. The Morgan fingerprint density at radius 2 is 1.83 bits per heavy atom. The van der Waals surface area contributed by atoms with E-state index in [-0.39, 0.29) is 11.3 Å². The van der Waals surface area contributed by atoms with Gasteiger partial charge in [-0.1, -0.05) is 49.6 Å². The maximum absolute atomic E-state index is 12.9. The summed E-state index contributed by atoms with van der Waals surface area (Å²) in [5.74, 6) is 0.159. The molecule has 3 heterocycles. The first-order chi connectivity index (χ1) is 11.8. The number of pyridine rings is 1. The molecular formula is C20H19N3O. The van der Waals surface area contributed by atoms with Gasteiger partial charge < -0.3 is 10.3 Å². The molecule has 0 radical (unpaired) electrons. The Morgan fingerprint density at radius 3 is 2.62 bits per heavy atom. The zero-order valence-corrected chi connectivity index (χ0v) is 13.4. The highest BCUT2D eigenvalue weighted by Gasteiger charge is 2.48. The van der Waals surface area contributed by atoms with Crippen molar-refractivity contribution in [2.24, 2.45) is 0 Å². The summed E-state index contributed by atoms with van der Waals surface area (Å²) in [5, 5.41) is 4.21. The fourth-order valence-electron chi connectivity index (χ4n) is 4.52. The first-order valence-corrected chi connectivity index (χ1v) is 8.67. The van der Waals surface area contributed by atoms with Gasteiger partial charge in [-0.25, -0.2) is 4.98 Å². The monoisotopic (exact) mass is 317 g/mol. The van der Waals surface area contributed by atoms with Gasteiger partial charge >= 0.3 is 0 Å². The highest BCUT2D eigenvalue weighted by Crippen LogP contribution is 2.51. The van der Waals surface area contributed by atoms with Crippen molar-refractivity contribution in [2.45, 2.75) is 37.5 Å². The summed E-state index contributed by atoms with van der Waals surface area (Å²) in [4.78, 5) is 20.7. The Balaban J connectivity index is 1.83. The van der Waals surface area contributed by atoms with Crippen molar-refractivity contribution in [3.8, 4) is 11.1 Å². The second kappa shape index (κ2) is 4.94. The molecule has 120 valence electrons. The van der Waals surface area contributed by atoms with Crippen LogP contribution in [0.3, 0.4) is 0 Å². The number of hydrogen-bond acceptors (Lipinski definition) is 2. The third-order valence-electron chi connectivity index (χ3n) is 5.65. The number of carbonyl (C=O) groups excluding carboxylic acids is 1. The maximum Gasteiger partial charge on any atom is 0.235 e. The zero-order valence-electron chi connectivity index (χ0n) is 13.4. The molecule has 2 N–H and O–H groups in total. The summed E-state index contributed by atoms with van der Waals surface area (Å²) in [6.45, 7) is 0. The minimum absolute atomic E-state index is 0.159. The molecule has 4 heteroatoms. The molecule has 1 fully saturated rings. The van der Waals surface area contributed by atoms with Crippen molar-refractivity contribution in [3.05, 3.63) is 48.3 Å². The van der Waals surface area contributed by atoms with E-state index in [4.69, 9.17) is 0 Å². The number of fused-ring (bicyclic) bond motifs is 4. The lowest BCUT2D eigenvalue weighted by Gasteiger charge is -2.32. The fraction of sp³-hybridized carbons (Fsp3) is 0.300. The van der Waals surface area contributed by atoms with Crippen molar-refractivity contribution < 1.29 is 4.79 Å². The van der Waals surface area contributed by atoms with Crippen molar-refractivity contribution in [3.63, 3.8) is 0 Å². The van der Waals surface area contributed by atoms with Crippen LogP contribution in [0.15, 0.2) is 42.7 Å². The van der Waals surface area contributed by atoms with E-state index in [2.05, 4.69) is 27.4 Å². The third-order valence-corrected chi connectivity index (χ3v) is 5.65. The number of anilines is 1. The van der Waals surface area contributed by atoms with Crippen molar-refractivity contribution in [1.82, 2.24) is 9.97 Å². The average molecular weight is 317 g/mol. The van der Waals surface area contributed by atoms with Crippen LogP contribution in [0, 0.1) is 0 Å². The zero-order chi connectivity index (χ0) is 16.1. The van der Waals surface area contributed by atoms with Crippen LogP contribution in [-0.4, -0.2) is 15.9 Å². The summed E-state index contributed by atoms with van der Waals surface area (Å²) in [6, 6.07) is 10.3. The van der Waals surface area contributed by atoms with E-state index < -0.39 is 0 Å². The number of rotatable bonds is 1. The van der Waals surface area contributed by atoms with Crippen LogP contribution >= 0.6 is 0 Å². The van der Waals surface area contributed by atoms with Crippen molar-refractivity contribution >= 4 is 22.6 Å². The number of hydrogen-bond donors (Lipinski definition) is 2. The van der Waals surface area contributed by atoms with E-state index in [1.807, 2.05) is 30.6 Å². The van der Waals surface area contributed by atoms with E-state index in [0.29, 0.717) is 0 Å². The van der Waals surface area contributed by atoms with Crippen LogP contribution in [0.2, 0.25) is 0 Å². The minimum atomic E-state index is -0.375. The van der Waals surface area contributed by atoms with E-state index in [9.17, 15) is 4.79 Å². The molecule has 3 aromatic rings. The molecule has 1 amide bonds. The molecule has 1 saturated carbocycles. The molecule has 1 aliphatic carbocycles. The summed E-state index contributed by atoms with van der Waals surface area (Å²) >= 11 is 0. The standard InChI is InChI=1S/C20H19N3O/c24-19-20(9-5-2-6-10-20)17-15(23-19)12-22-18-16(17)14(11-21-18)13-7-3-1-4-8-13/h1,3-4,7-8,11-12H,2,5-6,9-10H2,(H,21,22)(H,23,24). The van der Waals surface area contributed by atoms with Gasteiger partial charge in [0.15, 0.2) is 0 Å². The Kier molecular flexibility index (Phi) is 2.84. The Morgan fingerprint density at radius 1 is 1.04 bits per heavy atom. The number of nitrogens with one attached hydrogen (secondary N) is 2. The van der Waals surface area contributed by atoms with Gasteiger partial charge in [0.25, 0.3) is 0 Å². The van der Waals surface area contributed by atoms with E-state index in [1.54, 1.807) is 0 Å². The smallest absolute Gasteiger partial charge is 0.235 e. The predicted octanol–water partition coefficient (Wildman–Crippen LogP) is 4.38. The molecule has 0 atom stereocenters. The van der Waals surface area contributed by atoms with Gasteiger partial charge in [-0.3, -0.25) is 4.79 Å². The van der Waals surface area contributed by atoms with Gasteiger partial charge in [-0.2, -0.15) is 0 Å². The maximum atomic E-state index is 12.9. The Bertz CT molecular complexity index is 936. The predicted molar refractivity (Wildman–Crippen MR) is 94.9 cm³/mol. The first kappa shape index (κ1) is 13.8. The highest BCUT2D eigenvalue weighted by molar-refractivity contribution is 6.13. The number of benzene rings is 1.